The maximum Gasteiger partial charge on any atom is 0.248 e. The highest BCUT2D eigenvalue weighted by Crippen LogP contribution is 2.35. The zero-order valence-electron chi connectivity index (χ0n) is 18.2. The number of primary amides is 1. The number of piperazine rings is 1. The molecule has 3 aromatic rings. The fraction of sp³-hybridized carbons (Fsp3) is 0.400. The molecular formula is C25H28ClN3O2S. The fourth-order valence-electron chi connectivity index (χ4n) is 4.98. The molecule has 7 heteroatoms. The van der Waals surface area contributed by atoms with E-state index in [1.54, 1.807) is 11.3 Å². The van der Waals surface area contributed by atoms with Gasteiger partial charge in [-0.3, -0.25) is 9.69 Å². The molecule has 1 aromatic heterocycles. The van der Waals surface area contributed by atoms with Gasteiger partial charge in [-0.05, 0) is 72.0 Å². The van der Waals surface area contributed by atoms with Crippen molar-refractivity contribution in [2.75, 3.05) is 37.7 Å². The van der Waals surface area contributed by atoms with Crippen LogP contribution in [0.3, 0.4) is 0 Å². The van der Waals surface area contributed by atoms with E-state index in [-0.39, 0.29) is 12.0 Å². The van der Waals surface area contributed by atoms with Crippen molar-refractivity contribution < 1.29 is 9.53 Å². The van der Waals surface area contributed by atoms with Crippen molar-refractivity contribution in [1.82, 2.24) is 4.90 Å². The molecule has 0 spiro atoms. The molecule has 2 aliphatic heterocycles. The van der Waals surface area contributed by atoms with Crippen molar-refractivity contribution in [3.63, 3.8) is 0 Å². The molecule has 0 bridgehead atoms. The number of nitrogens with zero attached hydrogens (tertiary/aromatic N) is 2. The molecule has 0 radical (unpaired) electrons. The Balaban J connectivity index is 1.22. The number of ether oxygens (including phenoxy) is 1. The van der Waals surface area contributed by atoms with Crippen LogP contribution in [0.4, 0.5) is 5.69 Å². The predicted octanol–water partition coefficient (Wildman–Crippen LogP) is 4.87. The molecule has 168 valence electrons. The quantitative estimate of drug-likeness (QED) is 0.579. The summed E-state index contributed by atoms with van der Waals surface area (Å²) in [6, 6.07) is 12.7. The van der Waals surface area contributed by atoms with E-state index in [2.05, 4.69) is 40.3 Å². The van der Waals surface area contributed by atoms with Gasteiger partial charge in [-0.25, -0.2) is 0 Å². The Morgan fingerprint density at radius 3 is 2.94 bits per heavy atom. The third kappa shape index (κ3) is 4.25. The average molecular weight is 470 g/mol. The largest absolute Gasteiger partial charge is 0.373 e. The summed E-state index contributed by atoms with van der Waals surface area (Å²) in [5, 5.41) is 4.16. The molecule has 5 rings (SSSR count). The first kappa shape index (κ1) is 21.7. The summed E-state index contributed by atoms with van der Waals surface area (Å²) in [7, 11) is 0. The van der Waals surface area contributed by atoms with Gasteiger partial charge in [0.1, 0.15) is 0 Å². The van der Waals surface area contributed by atoms with Gasteiger partial charge in [0.05, 0.1) is 22.4 Å². The first-order chi connectivity index (χ1) is 15.5. The number of carbonyl (C=O) groups is 1. The van der Waals surface area contributed by atoms with E-state index >= 15 is 0 Å². The molecule has 0 unspecified atom stereocenters. The first-order valence-electron chi connectivity index (χ1n) is 11.2. The number of hydrogen-bond donors (Lipinski definition) is 1. The number of nitrogens with two attached hydrogens (primary N) is 1. The minimum Gasteiger partial charge on any atom is -0.373 e. The second kappa shape index (κ2) is 9.02. The van der Waals surface area contributed by atoms with Gasteiger partial charge in [-0.2, -0.15) is 0 Å². The number of rotatable bonds is 5. The number of amides is 1. The Morgan fingerprint density at radius 1 is 1.25 bits per heavy atom. The molecule has 3 heterocycles. The zero-order valence-corrected chi connectivity index (χ0v) is 19.8. The SMILES string of the molecule is C[C@@H]1CN(c2cc(Cl)c3sccc3c2)CCN1CC[C@@H]1OCCc2cc(C(N)=O)ccc21. The van der Waals surface area contributed by atoms with Crippen LogP contribution in [-0.2, 0) is 11.2 Å². The number of carbonyl (C=O) groups excluding carboxylic acids is 1. The number of fused-ring (bicyclic) bond motifs is 2. The van der Waals surface area contributed by atoms with Crippen LogP contribution in [0.25, 0.3) is 10.1 Å². The van der Waals surface area contributed by atoms with E-state index in [9.17, 15) is 4.79 Å². The zero-order chi connectivity index (χ0) is 22.2. The standard InChI is InChI=1S/C25H28ClN3O2S/c1-16-15-29(20-13-18-6-11-32-24(18)22(26)14-20)9-8-28(16)7-4-23-21-3-2-19(25(27)30)12-17(21)5-10-31-23/h2-3,6,11-14,16,23H,4-5,7-10,15H2,1H3,(H2,27,30)/t16-,23+/m1/s1. The highest BCUT2D eigenvalue weighted by atomic mass is 35.5. The smallest absolute Gasteiger partial charge is 0.248 e. The maximum atomic E-state index is 11.5. The van der Waals surface area contributed by atoms with E-state index < -0.39 is 0 Å². The molecule has 2 aliphatic rings. The van der Waals surface area contributed by atoms with Crippen LogP contribution < -0.4 is 10.6 Å². The molecule has 5 nitrogen and oxygen atoms in total. The Hall–Kier alpha value is -2.12. The Kier molecular flexibility index (Phi) is 6.12. The van der Waals surface area contributed by atoms with Gasteiger partial charge in [0.25, 0.3) is 0 Å². The van der Waals surface area contributed by atoms with Crippen LogP contribution in [0.15, 0.2) is 41.8 Å². The lowest BCUT2D eigenvalue weighted by atomic mass is 9.93. The third-order valence-corrected chi connectivity index (χ3v) is 8.14. The summed E-state index contributed by atoms with van der Waals surface area (Å²) in [5.41, 5.74) is 9.63. The van der Waals surface area contributed by atoms with Gasteiger partial charge in [-0.15, -0.1) is 11.3 Å². The number of thiophene rings is 1. The van der Waals surface area contributed by atoms with Crippen molar-refractivity contribution in [2.45, 2.75) is 31.9 Å². The molecule has 0 aliphatic carbocycles. The average Bonchev–Trinajstić information content (AvgIpc) is 3.27. The van der Waals surface area contributed by atoms with E-state index in [1.165, 1.54) is 22.2 Å². The fourth-order valence-corrected chi connectivity index (χ4v) is 6.12. The number of halogens is 1. The Morgan fingerprint density at radius 2 is 2.12 bits per heavy atom. The minimum atomic E-state index is -0.373. The van der Waals surface area contributed by atoms with Crippen molar-refractivity contribution in [2.24, 2.45) is 5.73 Å². The van der Waals surface area contributed by atoms with Gasteiger partial charge in [0.2, 0.25) is 5.91 Å². The molecule has 2 atom stereocenters. The Bertz CT molecular complexity index is 1150. The highest BCUT2D eigenvalue weighted by molar-refractivity contribution is 7.17. The molecule has 32 heavy (non-hydrogen) atoms. The molecule has 2 aromatic carbocycles. The lowest BCUT2D eigenvalue weighted by molar-refractivity contribution is 0.0255. The summed E-state index contributed by atoms with van der Waals surface area (Å²) in [5.74, 6) is -0.373. The second-order valence-corrected chi connectivity index (χ2v) is 10.1. The molecule has 0 saturated carbocycles. The van der Waals surface area contributed by atoms with Crippen LogP contribution in [0.5, 0.6) is 0 Å². The lowest BCUT2D eigenvalue weighted by Crippen LogP contribution is -2.52. The predicted molar refractivity (Wildman–Crippen MR) is 132 cm³/mol. The summed E-state index contributed by atoms with van der Waals surface area (Å²) < 4.78 is 7.27. The normalized spacial score (nSPS) is 21.6. The van der Waals surface area contributed by atoms with Crippen molar-refractivity contribution in [3.05, 3.63) is 63.5 Å². The first-order valence-corrected chi connectivity index (χ1v) is 12.5. The second-order valence-electron chi connectivity index (χ2n) is 8.77. The van der Waals surface area contributed by atoms with Crippen LogP contribution in [0, 0.1) is 0 Å². The van der Waals surface area contributed by atoms with E-state index in [0.29, 0.717) is 18.2 Å². The van der Waals surface area contributed by atoms with Gasteiger partial charge in [-0.1, -0.05) is 17.7 Å². The monoisotopic (exact) mass is 469 g/mol. The number of hydrogen-bond acceptors (Lipinski definition) is 5. The van der Waals surface area contributed by atoms with Crippen LogP contribution in [0.1, 0.15) is 40.9 Å². The number of anilines is 1. The van der Waals surface area contributed by atoms with Crippen molar-refractivity contribution >= 4 is 44.6 Å². The molecule has 2 N–H and O–H groups in total. The lowest BCUT2D eigenvalue weighted by Gasteiger charge is -2.41. The van der Waals surface area contributed by atoms with Crippen LogP contribution in [0.2, 0.25) is 5.02 Å². The summed E-state index contributed by atoms with van der Waals surface area (Å²) >= 11 is 8.22. The van der Waals surface area contributed by atoms with Gasteiger partial charge >= 0.3 is 0 Å². The maximum absolute atomic E-state index is 11.5. The van der Waals surface area contributed by atoms with Crippen LogP contribution in [-0.4, -0.2) is 49.6 Å². The van der Waals surface area contributed by atoms with Gasteiger partial charge < -0.3 is 15.4 Å². The highest BCUT2D eigenvalue weighted by Gasteiger charge is 2.27. The van der Waals surface area contributed by atoms with E-state index in [4.69, 9.17) is 22.1 Å². The molecule has 1 fully saturated rings. The van der Waals surface area contributed by atoms with E-state index in [0.717, 1.165) is 48.7 Å². The summed E-state index contributed by atoms with van der Waals surface area (Å²) in [4.78, 5) is 16.5. The van der Waals surface area contributed by atoms with E-state index in [1.807, 2.05) is 18.2 Å². The molecule has 1 saturated heterocycles. The van der Waals surface area contributed by atoms with Gasteiger partial charge in [0, 0.05) is 43.5 Å². The Labute approximate surface area is 197 Å². The summed E-state index contributed by atoms with van der Waals surface area (Å²) in [6.45, 7) is 6.96. The minimum absolute atomic E-state index is 0.0747. The summed E-state index contributed by atoms with van der Waals surface area (Å²) in [6.07, 6.45) is 1.85. The molecular weight excluding hydrogens is 442 g/mol. The topological polar surface area (TPSA) is 58.8 Å². The van der Waals surface area contributed by atoms with Crippen LogP contribution >= 0.6 is 22.9 Å². The third-order valence-electron chi connectivity index (χ3n) is 6.76. The number of benzene rings is 2. The molecule has 1 amide bonds. The van der Waals surface area contributed by atoms with Gasteiger partial charge in [0.15, 0.2) is 0 Å². The van der Waals surface area contributed by atoms with Crippen molar-refractivity contribution in [3.8, 4) is 0 Å². The van der Waals surface area contributed by atoms with Crippen molar-refractivity contribution in [1.29, 1.82) is 0 Å².